The molecule has 1 N–H and O–H groups in total. The molecule has 2 amide bonds. The van der Waals surface area contributed by atoms with Crippen molar-refractivity contribution in [1.82, 2.24) is 4.90 Å². The van der Waals surface area contributed by atoms with Crippen LogP contribution in [0, 0.1) is 0 Å². The van der Waals surface area contributed by atoms with Crippen molar-refractivity contribution < 1.29 is 9.59 Å². The SMILES string of the molecule is CC(=O)N(CCc1cccc(Cl)c1)CC(=O)Nc1ccc(Cl)c(Cl)c1. The molecule has 0 unspecified atom stereocenters. The highest BCUT2D eigenvalue weighted by molar-refractivity contribution is 6.42. The van der Waals surface area contributed by atoms with E-state index in [1.54, 1.807) is 24.3 Å². The summed E-state index contributed by atoms with van der Waals surface area (Å²) >= 11 is 17.7. The van der Waals surface area contributed by atoms with Gasteiger partial charge in [0.15, 0.2) is 0 Å². The summed E-state index contributed by atoms with van der Waals surface area (Å²) in [6.45, 7) is 1.81. The summed E-state index contributed by atoms with van der Waals surface area (Å²) in [4.78, 5) is 25.5. The lowest BCUT2D eigenvalue weighted by atomic mass is 10.1. The first-order chi connectivity index (χ1) is 11.8. The number of nitrogens with zero attached hydrogens (tertiary/aromatic N) is 1. The predicted octanol–water partition coefficient (Wildman–Crippen LogP) is 4.68. The van der Waals surface area contributed by atoms with Gasteiger partial charge in [-0.25, -0.2) is 0 Å². The Morgan fingerprint density at radius 2 is 1.80 bits per heavy atom. The van der Waals surface area contributed by atoms with Gasteiger partial charge in [0, 0.05) is 24.2 Å². The maximum atomic E-state index is 12.2. The van der Waals surface area contributed by atoms with Gasteiger partial charge in [-0.15, -0.1) is 0 Å². The number of hydrogen-bond acceptors (Lipinski definition) is 2. The van der Waals surface area contributed by atoms with Gasteiger partial charge in [-0.1, -0.05) is 46.9 Å². The standard InChI is InChI=1S/C18H17Cl3N2O2/c1-12(24)23(8-7-13-3-2-4-14(19)9-13)11-18(25)22-15-5-6-16(20)17(21)10-15/h2-6,9-10H,7-8,11H2,1H3,(H,22,25). The third-order valence-corrected chi connectivity index (χ3v) is 4.52. The number of halogens is 3. The van der Waals surface area contributed by atoms with Crippen molar-refractivity contribution in [2.45, 2.75) is 13.3 Å². The van der Waals surface area contributed by atoms with E-state index in [1.807, 2.05) is 18.2 Å². The number of carbonyl (C=O) groups is 2. The van der Waals surface area contributed by atoms with Crippen LogP contribution in [0.4, 0.5) is 5.69 Å². The zero-order valence-corrected chi connectivity index (χ0v) is 15.8. The molecule has 0 aliphatic heterocycles. The molecule has 25 heavy (non-hydrogen) atoms. The van der Waals surface area contributed by atoms with E-state index in [1.165, 1.54) is 11.8 Å². The van der Waals surface area contributed by atoms with E-state index in [0.717, 1.165) is 5.56 Å². The zero-order valence-electron chi connectivity index (χ0n) is 13.6. The number of anilines is 1. The largest absolute Gasteiger partial charge is 0.333 e. The van der Waals surface area contributed by atoms with E-state index < -0.39 is 0 Å². The highest BCUT2D eigenvalue weighted by atomic mass is 35.5. The van der Waals surface area contributed by atoms with Crippen molar-refractivity contribution in [2.75, 3.05) is 18.4 Å². The molecular weight excluding hydrogens is 383 g/mol. The number of carbonyl (C=O) groups excluding carboxylic acids is 2. The smallest absolute Gasteiger partial charge is 0.243 e. The Kier molecular flexibility index (Phi) is 7.12. The maximum absolute atomic E-state index is 12.2. The molecule has 2 aromatic carbocycles. The minimum Gasteiger partial charge on any atom is -0.333 e. The third-order valence-electron chi connectivity index (χ3n) is 3.54. The van der Waals surface area contributed by atoms with Crippen LogP contribution in [-0.2, 0) is 16.0 Å². The van der Waals surface area contributed by atoms with Gasteiger partial charge in [-0.3, -0.25) is 9.59 Å². The molecule has 132 valence electrons. The first kappa shape index (κ1) is 19.6. The van der Waals surface area contributed by atoms with Gasteiger partial charge in [0.25, 0.3) is 0 Å². The molecule has 2 rings (SSSR count). The summed E-state index contributed by atoms with van der Waals surface area (Å²) in [5, 5.41) is 4.11. The molecule has 0 aliphatic rings. The second-order valence-corrected chi connectivity index (χ2v) is 6.75. The van der Waals surface area contributed by atoms with Crippen LogP contribution in [0.3, 0.4) is 0 Å². The normalized spacial score (nSPS) is 10.4. The molecule has 0 fully saturated rings. The monoisotopic (exact) mass is 398 g/mol. The summed E-state index contributed by atoms with van der Waals surface area (Å²) in [5.74, 6) is -0.481. The van der Waals surface area contributed by atoms with E-state index in [9.17, 15) is 9.59 Å². The number of amides is 2. The molecule has 2 aromatic rings. The molecule has 0 aliphatic carbocycles. The predicted molar refractivity (Wildman–Crippen MR) is 103 cm³/mol. The molecule has 0 bridgehead atoms. The van der Waals surface area contributed by atoms with E-state index in [0.29, 0.717) is 33.7 Å². The molecule has 0 aromatic heterocycles. The summed E-state index contributed by atoms with van der Waals surface area (Å²) in [7, 11) is 0. The molecule has 0 spiro atoms. The molecule has 0 saturated heterocycles. The molecule has 0 heterocycles. The summed E-state index contributed by atoms with van der Waals surface area (Å²) in [6, 6.07) is 12.2. The zero-order chi connectivity index (χ0) is 18.4. The van der Waals surface area contributed by atoms with Crippen LogP contribution in [0.2, 0.25) is 15.1 Å². The Hall–Kier alpha value is -1.75. The minimum absolute atomic E-state index is 0.0455. The summed E-state index contributed by atoms with van der Waals surface area (Å²) in [5.41, 5.74) is 1.53. The number of hydrogen-bond donors (Lipinski definition) is 1. The average Bonchev–Trinajstić information content (AvgIpc) is 2.54. The average molecular weight is 400 g/mol. The fraction of sp³-hybridized carbons (Fsp3) is 0.222. The topological polar surface area (TPSA) is 49.4 Å². The molecule has 7 heteroatoms. The Morgan fingerprint density at radius 1 is 1.04 bits per heavy atom. The van der Waals surface area contributed by atoms with Gasteiger partial charge in [-0.2, -0.15) is 0 Å². The Bertz CT molecular complexity index is 781. The van der Waals surface area contributed by atoms with E-state index >= 15 is 0 Å². The fourth-order valence-electron chi connectivity index (χ4n) is 2.25. The van der Waals surface area contributed by atoms with Crippen LogP contribution in [-0.4, -0.2) is 29.8 Å². The van der Waals surface area contributed by atoms with Gasteiger partial charge in [0.2, 0.25) is 11.8 Å². The lowest BCUT2D eigenvalue weighted by molar-refractivity contribution is -0.132. The fourth-order valence-corrected chi connectivity index (χ4v) is 2.76. The molecule has 4 nitrogen and oxygen atoms in total. The highest BCUT2D eigenvalue weighted by Gasteiger charge is 2.14. The molecule has 0 radical (unpaired) electrons. The van der Waals surface area contributed by atoms with Gasteiger partial charge in [0.05, 0.1) is 16.6 Å². The first-order valence-electron chi connectivity index (χ1n) is 7.60. The van der Waals surface area contributed by atoms with Crippen molar-refractivity contribution in [2.24, 2.45) is 0 Å². The van der Waals surface area contributed by atoms with E-state index in [2.05, 4.69) is 5.32 Å². The van der Waals surface area contributed by atoms with Gasteiger partial charge < -0.3 is 10.2 Å². The van der Waals surface area contributed by atoms with Crippen LogP contribution in [0.5, 0.6) is 0 Å². The van der Waals surface area contributed by atoms with Gasteiger partial charge in [0.1, 0.15) is 0 Å². The second kappa shape index (κ2) is 9.09. The highest BCUT2D eigenvalue weighted by Crippen LogP contribution is 2.25. The Labute approximate surface area is 161 Å². The molecule has 0 saturated carbocycles. The van der Waals surface area contributed by atoms with Gasteiger partial charge >= 0.3 is 0 Å². The van der Waals surface area contributed by atoms with Gasteiger partial charge in [-0.05, 0) is 42.3 Å². The number of benzene rings is 2. The molecule has 0 atom stereocenters. The van der Waals surface area contributed by atoms with Crippen LogP contribution in [0.25, 0.3) is 0 Å². The lowest BCUT2D eigenvalue weighted by Gasteiger charge is -2.20. The second-order valence-electron chi connectivity index (χ2n) is 5.50. The third kappa shape index (κ3) is 6.24. The van der Waals surface area contributed by atoms with E-state index in [-0.39, 0.29) is 18.4 Å². The van der Waals surface area contributed by atoms with Crippen molar-refractivity contribution >= 4 is 52.3 Å². The summed E-state index contributed by atoms with van der Waals surface area (Å²) in [6.07, 6.45) is 0.611. The van der Waals surface area contributed by atoms with Crippen LogP contribution >= 0.6 is 34.8 Å². The Balaban J connectivity index is 1.94. The summed E-state index contributed by atoms with van der Waals surface area (Å²) < 4.78 is 0. The Morgan fingerprint density at radius 3 is 2.44 bits per heavy atom. The van der Waals surface area contributed by atoms with Crippen molar-refractivity contribution in [3.05, 3.63) is 63.1 Å². The van der Waals surface area contributed by atoms with Crippen molar-refractivity contribution in [3.8, 4) is 0 Å². The number of nitrogens with one attached hydrogen (secondary N) is 1. The number of rotatable bonds is 6. The quantitative estimate of drug-likeness (QED) is 0.767. The van der Waals surface area contributed by atoms with E-state index in [4.69, 9.17) is 34.8 Å². The van der Waals surface area contributed by atoms with Crippen LogP contribution in [0.1, 0.15) is 12.5 Å². The first-order valence-corrected chi connectivity index (χ1v) is 8.73. The minimum atomic E-state index is -0.306. The van der Waals surface area contributed by atoms with Crippen LogP contribution in [0.15, 0.2) is 42.5 Å². The lowest BCUT2D eigenvalue weighted by Crippen LogP contribution is -2.38. The van der Waals surface area contributed by atoms with Crippen molar-refractivity contribution in [3.63, 3.8) is 0 Å². The van der Waals surface area contributed by atoms with Crippen molar-refractivity contribution in [1.29, 1.82) is 0 Å². The molecular formula is C18H17Cl3N2O2. The van der Waals surface area contributed by atoms with Crippen LogP contribution < -0.4 is 5.32 Å². The maximum Gasteiger partial charge on any atom is 0.243 e.